The van der Waals surface area contributed by atoms with Crippen LogP contribution in [-0.4, -0.2) is 12.9 Å². The van der Waals surface area contributed by atoms with E-state index in [1.54, 1.807) is 36.4 Å². The smallest absolute Gasteiger partial charge is 0.122 e. The molecule has 0 amide bonds. The molecule has 0 aliphatic carbocycles. The van der Waals surface area contributed by atoms with Crippen molar-refractivity contribution in [2.45, 2.75) is 6.92 Å². The second-order valence-corrected chi connectivity index (χ2v) is 5.81. The lowest BCUT2D eigenvalue weighted by molar-refractivity contribution is 0.160. The van der Waals surface area contributed by atoms with Crippen molar-refractivity contribution in [2.75, 3.05) is 11.7 Å². The number of hydroxylamine groups is 1. The first-order valence-electron chi connectivity index (χ1n) is 6.37. The number of rotatable bonds is 5. The molecule has 2 rings (SSSR count). The van der Waals surface area contributed by atoms with Crippen molar-refractivity contribution in [3.8, 4) is 0 Å². The fourth-order valence-corrected chi connectivity index (χ4v) is 2.20. The third-order valence-electron chi connectivity index (χ3n) is 2.64. The predicted octanol–water partition coefficient (Wildman–Crippen LogP) is 6.84. The summed E-state index contributed by atoms with van der Waals surface area (Å²) in [5.41, 5.74) is 1.36. The van der Waals surface area contributed by atoms with Gasteiger partial charge in [0.15, 0.2) is 0 Å². The number of halogens is 5. The summed E-state index contributed by atoms with van der Waals surface area (Å²) in [6.45, 7) is 2.34. The van der Waals surface area contributed by atoms with Crippen LogP contribution in [0, 0.1) is 0 Å². The molecule has 23 heavy (non-hydrogen) atoms. The molecule has 0 fully saturated rings. The Morgan fingerprint density at radius 2 is 1.57 bits per heavy atom. The quantitative estimate of drug-likeness (QED) is 0.304. The molecule has 0 aliphatic heterocycles. The topological polar surface area (TPSA) is 24.8 Å². The normalized spacial score (nSPS) is 10.7. The molecule has 0 saturated carbocycles. The Morgan fingerprint density at radius 3 is 2.13 bits per heavy atom. The Hall–Kier alpha value is -0.680. The minimum atomic E-state index is 0. The van der Waals surface area contributed by atoms with E-state index in [0.717, 1.165) is 0 Å². The van der Waals surface area contributed by atoms with Gasteiger partial charge in [-0.25, -0.2) is 10.1 Å². The van der Waals surface area contributed by atoms with E-state index >= 15 is 0 Å². The van der Waals surface area contributed by atoms with Gasteiger partial charge in [-0.2, -0.15) is 0 Å². The minimum absolute atomic E-state index is 0. The SMILES string of the molecule is CCON(C=Nc1ccc(Cl)c(Cl)c1)c1ccc(Cl)c(Cl)c1.Cl. The fraction of sp³-hybridized carbons (Fsp3) is 0.133. The Kier molecular flexibility index (Phi) is 8.48. The maximum Gasteiger partial charge on any atom is 0.122 e. The second-order valence-electron chi connectivity index (χ2n) is 4.18. The van der Waals surface area contributed by atoms with Crippen LogP contribution in [-0.2, 0) is 4.84 Å². The highest BCUT2D eigenvalue weighted by Gasteiger charge is 2.07. The van der Waals surface area contributed by atoms with Crippen LogP contribution in [0.1, 0.15) is 6.92 Å². The Balaban J connectivity index is 0.00000264. The van der Waals surface area contributed by atoms with Gasteiger partial charge in [-0.15, -0.1) is 12.4 Å². The number of nitrogens with zero attached hydrogens (tertiary/aromatic N) is 2. The highest BCUT2D eigenvalue weighted by atomic mass is 35.5. The lowest BCUT2D eigenvalue weighted by atomic mass is 10.3. The van der Waals surface area contributed by atoms with E-state index in [4.69, 9.17) is 51.2 Å². The summed E-state index contributed by atoms with van der Waals surface area (Å²) < 4.78 is 0. The number of hydrogen-bond acceptors (Lipinski definition) is 2. The van der Waals surface area contributed by atoms with Gasteiger partial charge in [-0.1, -0.05) is 46.4 Å². The Morgan fingerprint density at radius 1 is 0.957 bits per heavy atom. The van der Waals surface area contributed by atoms with Crippen molar-refractivity contribution in [1.82, 2.24) is 0 Å². The van der Waals surface area contributed by atoms with E-state index in [-0.39, 0.29) is 12.4 Å². The van der Waals surface area contributed by atoms with E-state index < -0.39 is 0 Å². The molecule has 0 N–H and O–H groups in total. The van der Waals surface area contributed by atoms with Crippen molar-refractivity contribution in [2.24, 2.45) is 4.99 Å². The zero-order chi connectivity index (χ0) is 16.1. The third kappa shape index (κ3) is 5.71. The van der Waals surface area contributed by atoms with Crippen molar-refractivity contribution in [3.63, 3.8) is 0 Å². The molecular weight excluding hydrogens is 401 g/mol. The van der Waals surface area contributed by atoms with Gasteiger partial charge in [0.25, 0.3) is 0 Å². The highest BCUT2D eigenvalue weighted by Crippen LogP contribution is 2.28. The van der Waals surface area contributed by atoms with Crippen LogP contribution in [0.2, 0.25) is 20.1 Å². The second kappa shape index (κ2) is 9.58. The molecule has 0 aromatic heterocycles. The molecule has 0 atom stereocenters. The monoisotopic (exact) mass is 412 g/mol. The van der Waals surface area contributed by atoms with Crippen molar-refractivity contribution >= 4 is 76.5 Å². The zero-order valence-electron chi connectivity index (χ0n) is 12.0. The van der Waals surface area contributed by atoms with Crippen LogP contribution >= 0.6 is 58.8 Å². The first-order valence-corrected chi connectivity index (χ1v) is 7.89. The van der Waals surface area contributed by atoms with Gasteiger partial charge in [-0.05, 0) is 43.3 Å². The molecule has 2 aromatic carbocycles. The molecule has 0 bridgehead atoms. The van der Waals surface area contributed by atoms with Crippen molar-refractivity contribution in [1.29, 1.82) is 0 Å². The highest BCUT2D eigenvalue weighted by molar-refractivity contribution is 6.42. The van der Waals surface area contributed by atoms with Crippen LogP contribution in [0.25, 0.3) is 0 Å². The van der Waals surface area contributed by atoms with Crippen LogP contribution in [0.15, 0.2) is 41.4 Å². The molecule has 0 saturated heterocycles. The maximum atomic E-state index is 6.02. The van der Waals surface area contributed by atoms with Crippen LogP contribution in [0.4, 0.5) is 11.4 Å². The predicted molar refractivity (Wildman–Crippen MR) is 102 cm³/mol. The maximum absolute atomic E-state index is 6.02. The summed E-state index contributed by atoms with van der Waals surface area (Å²) in [4.78, 5) is 9.83. The van der Waals surface area contributed by atoms with Gasteiger partial charge in [0, 0.05) is 0 Å². The molecular formula is C15H13Cl5N2O. The van der Waals surface area contributed by atoms with Gasteiger partial charge >= 0.3 is 0 Å². The molecule has 3 nitrogen and oxygen atoms in total. The van der Waals surface area contributed by atoms with Gasteiger partial charge in [-0.3, -0.25) is 4.84 Å². The zero-order valence-corrected chi connectivity index (χ0v) is 15.8. The molecule has 0 aliphatic rings. The molecule has 0 radical (unpaired) electrons. The standard InChI is InChI=1S/C15H12Cl4N2O.ClH/c1-2-22-21(11-4-6-13(17)15(19)8-11)9-20-10-3-5-12(16)14(18)7-10;/h3-9H,2H2,1H3;1H. The number of benzene rings is 2. The Labute approximate surface area is 161 Å². The van der Waals surface area contributed by atoms with Crippen LogP contribution in [0.3, 0.4) is 0 Å². The number of aliphatic imine (C=N–C) groups is 1. The number of anilines is 1. The summed E-state index contributed by atoms with van der Waals surface area (Å²) in [5, 5.41) is 3.33. The van der Waals surface area contributed by atoms with Gasteiger partial charge < -0.3 is 0 Å². The van der Waals surface area contributed by atoms with Crippen molar-refractivity contribution < 1.29 is 4.84 Å². The summed E-state index contributed by atoms with van der Waals surface area (Å²) in [7, 11) is 0. The van der Waals surface area contributed by atoms with Gasteiger partial charge in [0.2, 0.25) is 0 Å². The first-order chi connectivity index (χ1) is 10.5. The molecule has 8 heteroatoms. The Bertz CT molecular complexity index is 694. The summed E-state index contributed by atoms with van der Waals surface area (Å²) in [6.07, 6.45) is 1.53. The summed E-state index contributed by atoms with van der Waals surface area (Å²) in [5.74, 6) is 0. The lowest BCUT2D eigenvalue weighted by Gasteiger charge is -2.18. The summed E-state index contributed by atoms with van der Waals surface area (Å²) in [6, 6.07) is 10.3. The average Bonchev–Trinajstić information content (AvgIpc) is 2.50. The molecule has 0 spiro atoms. The van der Waals surface area contributed by atoms with Gasteiger partial charge in [0.1, 0.15) is 6.34 Å². The van der Waals surface area contributed by atoms with Crippen molar-refractivity contribution in [3.05, 3.63) is 56.5 Å². The van der Waals surface area contributed by atoms with Crippen LogP contribution in [0.5, 0.6) is 0 Å². The fourth-order valence-electron chi connectivity index (χ4n) is 1.62. The van der Waals surface area contributed by atoms with E-state index in [1.807, 2.05) is 6.92 Å². The van der Waals surface area contributed by atoms with Crippen LogP contribution < -0.4 is 5.06 Å². The lowest BCUT2D eigenvalue weighted by Crippen LogP contribution is -2.21. The number of hydrogen-bond donors (Lipinski definition) is 0. The van der Waals surface area contributed by atoms with E-state index in [1.165, 1.54) is 11.4 Å². The van der Waals surface area contributed by atoms with E-state index in [2.05, 4.69) is 4.99 Å². The van der Waals surface area contributed by atoms with E-state index in [0.29, 0.717) is 38.1 Å². The largest absolute Gasteiger partial charge is 0.268 e. The molecule has 0 heterocycles. The average molecular weight is 415 g/mol. The summed E-state index contributed by atoms with van der Waals surface area (Å²) >= 11 is 23.8. The third-order valence-corrected chi connectivity index (χ3v) is 4.12. The minimum Gasteiger partial charge on any atom is -0.268 e. The van der Waals surface area contributed by atoms with Gasteiger partial charge in [0.05, 0.1) is 38.1 Å². The van der Waals surface area contributed by atoms with E-state index in [9.17, 15) is 0 Å². The molecule has 124 valence electrons. The molecule has 2 aromatic rings. The molecule has 0 unspecified atom stereocenters. The first kappa shape index (κ1) is 20.4.